The summed E-state index contributed by atoms with van der Waals surface area (Å²) in [6.45, 7) is -0.160. The Bertz CT molecular complexity index is 320. The van der Waals surface area contributed by atoms with E-state index in [1.54, 1.807) is 0 Å². The molecule has 1 unspecified atom stereocenters. The van der Waals surface area contributed by atoms with Crippen LogP contribution >= 0.6 is 0 Å². The van der Waals surface area contributed by atoms with E-state index in [0.717, 1.165) is 0 Å². The fourth-order valence-corrected chi connectivity index (χ4v) is 1.81. The average molecular weight is 229 g/mol. The molecule has 0 saturated carbocycles. The molecule has 5 N–H and O–H groups in total. The van der Waals surface area contributed by atoms with Crippen LogP contribution in [0.1, 0.15) is 6.42 Å². The van der Waals surface area contributed by atoms with Gasteiger partial charge in [-0.1, -0.05) is 0 Å². The molecular weight excluding hydrogens is 214 g/mol. The molecule has 0 aromatic rings. The van der Waals surface area contributed by atoms with Crippen LogP contribution < -0.4 is 5.73 Å². The molecular formula is C9H15N3O4. The zero-order chi connectivity index (χ0) is 11.7. The predicted octanol–water partition coefficient (Wildman–Crippen LogP) is -2.08. The number of rotatable bonds is 2. The normalized spacial score (nSPS) is 38.9. The third-order valence-electron chi connectivity index (χ3n) is 2.61. The van der Waals surface area contributed by atoms with Crippen LogP contribution in [-0.2, 0) is 4.74 Å². The minimum Gasteiger partial charge on any atom is -0.394 e. The molecule has 2 aliphatic heterocycles. The molecule has 0 aromatic heterocycles. The van der Waals surface area contributed by atoms with Gasteiger partial charge in [0.2, 0.25) is 6.35 Å². The Balaban J connectivity index is 2.06. The minimum absolute atomic E-state index is 0.160. The van der Waals surface area contributed by atoms with Crippen LogP contribution in [0.4, 0.5) is 0 Å². The molecule has 7 heteroatoms. The standard InChI is InChI=1S/C9H15N3O4/c10-7-1-2-12(9(15)11-7)8-6(14)3-5(4-13)16-8/h1-2,5-6,8-9,13-15H,3-4H2,(H2,10,11)/t5-,6-,8+,9?/m0/s1. The van der Waals surface area contributed by atoms with Crippen molar-refractivity contribution in [3.05, 3.63) is 12.3 Å². The Kier molecular flexibility index (Phi) is 3.10. The summed E-state index contributed by atoms with van der Waals surface area (Å²) < 4.78 is 5.37. The maximum Gasteiger partial charge on any atom is 0.229 e. The van der Waals surface area contributed by atoms with E-state index >= 15 is 0 Å². The van der Waals surface area contributed by atoms with Gasteiger partial charge < -0.3 is 30.7 Å². The molecule has 1 fully saturated rings. The Morgan fingerprint density at radius 1 is 1.56 bits per heavy atom. The maximum atomic E-state index is 9.72. The first kappa shape index (κ1) is 11.3. The SMILES string of the molecule is NC1=NC(O)N([C@@H]2O[C@H](CO)C[C@@H]2O)C=C1. The second-order valence-corrected chi connectivity index (χ2v) is 3.80. The number of amidine groups is 1. The molecule has 16 heavy (non-hydrogen) atoms. The van der Waals surface area contributed by atoms with Gasteiger partial charge in [-0.25, -0.2) is 4.99 Å². The highest BCUT2D eigenvalue weighted by atomic mass is 16.5. The maximum absolute atomic E-state index is 9.72. The zero-order valence-electron chi connectivity index (χ0n) is 8.60. The van der Waals surface area contributed by atoms with Gasteiger partial charge in [-0.2, -0.15) is 0 Å². The highest BCUT2D eigenvalue weighted by molar-refractivity contribution is 5.91. The van der Waals surface area contributed by atoms with Gasteiger partial charge in [-0.15, -0.1) is 0 Å². The first-order valence-electron chi connectivity index (χ1n) is 5.03. The molecule has 2 rings (SSSR count). The lowest BCUT2D eigenvalue weighted by Gasteiger charge is -2.32. The first-order chi connectivity index (χ1) is 7.61. The predicted molar refractivity (Wildman–Crippen MR) is 55.0 cm³/mol. The van der Waals surface area contributed by atoms with Crippen molar-refractivity contribution in [2.75, 3.05) is 6.61 Å². The van der Waals surface area contributed by atoms with E-state index in [1.807, 2.05) is 0 Å². The van der Waals surface area contributed by atoms with E-state index in [0.29, 0.717) is 6.42 Å². The van der Waals surface area contributed by atoms with E-state index in [-0.39, 0.29) is 12.4 Å². The number of nitrogens with zero attached hydrogens (tertiary/aromatic N) is 2. The second kappa shape index (κ2) is 4.38. The van der Waals surface area contributed by atoms with Crippen molar-refractivity contribution in [2.45, 2.75) is 31.2 Å². The van der Waals surface area contributed by atoms with Crippen molar-refractivity contribution in [3.63, 3.8) is 0 Å². The summed E-state index contributed by atoms with van der Waals surface area (Å²) in [4.78, 5) is 5.09. The van der Waals surface area contributed by atoms with Crippen molar-refractivity contribution in [3.8, 4) is 0 Å². The minimum atomic E-state index is -1.16. The molecule has 2 heterocycles. The van der Waals surface area contributed by atoms with Crippen LogP contribution in [0, 0.1) is 0 Å². The Morgan fingerprint density at radius 2 is 2.31 bits per heavy atom. The summed E-state index contributed by atoms with van der Waals surface area (Å²) in [5.41, 5.74) is 5.41. The Labute approximate surface area is 92.4 Å². The molecule has 0 aliphatic carbocycles. The molecule has 4 atom stereocenters. The van der Waals surface area contributed by atoms with Crippen molar-refractivity contribution in [1.82, 2.24) is 4.90 Å². The van der Waals surface area contributed by atoms with Crippen molar-refractivity contribution in [1.29, 1.82) is 0 Å². The largest absolute Gasteiger partial charge is 0.394 e. The van der Waals surface area contributed by atoms with Crippen LogP contribution in [0.2, 0.25) is 0 Å². The smallest absolute Gasteiger partial charge is 0.229 e. The molecule has 7 nitrogen and oxygen atoms in total. The average Bonchev–Trinajstić information content (AvgIpc) is 2.60. The van der Waals surface area contributed by atoms with Gasteiger partial charge in [0.15, 0.2) is 6.23 Å². The zero-order valence-corrected chi connectivity index (χ0v) is 8.60. The molecule has 0 spiro atoms. The van der Waals surface area contributed by atoms with E-state index in [1.165, 1.54) is 17.2 Å². The summed E-state index contributed by atoms with van der Waals surface area (Å²) in [7, 11) is 0. The summed E-state index contributed by atoms with van der Waals surface area (Å²) in [6.07, 6.45) is 0.296. The van der Waals surface area contributed by atoms with E-state index in [2.05, 4.69) is 4.99 Å². The number of hydrogen-bond donors (Lipinski definition) is 4. The fourth-order valence-electron chi connectivity index (χ4n) is 1.81. The highest BCUT2D eigenvalue weighted by Gasteiger charge is 2.39. The van der Waals surface area contributed by atoms with E-state index < -0.39 is 24.8 Å². The van der Waals surface area contributed by atoms with Crippen LogP contribution in [-0.4, -0.2) is 57.4 Å². The van der Waals surface area contributed by atoms with Crippen LogP contribution in [0.3, 0.4) is 0 Å². The summed E-state index contributed by atoms with van der Waals surface area (Å²) in [5, 5.41) is 28.3. The fraction of sp³-hybridized carbons (Fsp3) is 0.667. The molecule has 0 radical (unpaired) electrons. The topological polar surface area (TPSA) is 112 Å². The summed E-state index contributed by atoms with van der Waals surface area (Å²) >= 11 is 0. The van der Waals surface area contributed by atoms with E-state index in [4.69, 9.17) is 15.6 Å². The van der Waals surface area contributed by atoms with Crippen molar-refractivity contribution < 1.29 is 20.1 Å². The van der Waals surface area contributed by atoms with Gasteiger partial charge in [-0.05, 0) is 6.08 Å². The third-order valence-corrected chi connectivity index (χ3v) is 2.61. The Morgan fingerprint density at radius 3 is 2.88 bits per heavy atom. The van der Waals surface area contributed by atoms with Gasteiger partial charge in [0.25, 0.3) is 0 Å². The molecule has 1 saturated heterocycles. The molecule has 90 valence electrons. The number of aliphatic hydroxyl groups excluding tert-OH is 3. The summed E-state index contributed by atoms with van der Waals surface area (Å²) in [6, 6.07) is 0. The first-order valence-corrected chi connectivity index (χ1v) is 5.03. The van der Waals surface area contributed by atoms with Gasteiger partial charge in [0.1, 0.15) is 11.9 Å². The van der Waals surface area contributed by atoms with E-state index in [9.17, 15) is 10.2 Å². The molecule has 0 bridgehead atoms. The second-order valence-electron chi connectivity index (χ2n) is 3.80. The highest BCUT2D eigenvalue weighted by Crippen LogP contribution is 2.25. The lowest BCUT2D eigenvalue weighted by atomic mass is 10.2. The van der Waals surface area contributed by atoms with Crippen LogP contribution in [0.15, 0.2) is 17.3 Å². The quantitative estimate of drug-likeness (QED) is 0.432. The summed E-state index contributed by atoms with van der Waals surface area (Å²) in [5.74, 6) is 0.218. The number of aliphatic hydroxyl groups is 3. The number of ether oxygens (including phenoxy) is 1. The van der Waals surface area contributed by atoms with Crippen molar-refractivity contribution >= 4 is 5.84 Å². The van der Waals surface area contributed by atoms with Gasteiger partial charge in [0, 0.05) is 12.6 Å². The van der Waals surface area contributed by atoms with Crippen LogP contribution in [0.5, 0.6) is 0 Å². The lowest BCUT2D eigenvalue weighted by molar-refractivity contribution is -0.129. The lowest BCUT2D eigenvalue weighted by Crippen LogP contribution is -2.46. The van der Waals surface area contributed by atoms with Crippen molar-refractivity contribution in [2.24, 2.45) is 10.7 Å². The van der Waals surface area contributed by atoms with Gasteiger partial charge >= 0.3 is 0 Å². The Hall–Kier alpha value is -1.15. The number of hydrogen-bond acceptors (Lipinski definition) is 7. The van der Waals surface area contributed by atoms with Gasteiger partial charge in [-0.3, -0.25) is 0 Å². The number of nitrogens with two attached hydrogens (primary N) is 1. The monoisotopic (exact) mass is 229 g/mol. The molecule has 2 aliphatic rings. The number of aliphatic imine (C=N–C) groups is 1. The van der Waals surface area contributed by atoms with Crippen LogP contribution in [0.25, 0.3) is 0 Å². The van der Waals surface area contributed by atoms with Gasteiger partial charge in [0.05, 0.1) is 12.7 Å². The molecule has 0 amide bonds. The molecule has 0 aromatic carbocycles. The third kappa shape index (κ3) is 2.03.